The predicted octanol–water partition coefficient (Wildman–Crippen LogP) is 4.69. The van der Waals surface area contributed by atoms with E-state index in [0.29, 0.717) is 32.7 Å². The van der Waals surface area contributed by atoms with Crippen LogP contribution in [0.3, 0.4) is 0 Å². The molecule has 0 aliphatic heterocycles. The number of rotatable bonds is 3. The number of aromatic nitrogens is 2. The van der Waals surface area contributed by atoms with Crippen molar-refractivity contribution in [3.8, 4) is 11.8 Å². The highest BCUT2D eigenvalue weighted by Crippen LogP contribution is 2.27. The molecule has 0 fully saturated rings. The summed E-state index contributed by atoms with van der Waals surface area (Å²) in [6.45, 7) is 6.14. The van der Waals surface area contributed by atoms with Crippen LogP contribution in [0.15, 0.2) is 71.4 Å². The van der Waals surface area contributed by atoms with Crippen molar-refractivity contribution < 1.29 is 0 Å². The van der Waals surface area contributed by atoms with E-state index in [4.69, 9.17) is 4.98 Å². The zero-order chi connectivity index (χ0) is 19.0. The summed E-state index contributed by atoms with van der Waals surface area (Å²) in [6, 6.07) is 18.9. The summed E-state index contributed by atoms with van der Waals surface area (Å²) in [5, 5.41) is 11.3. The summed E-state index contributed by atoms with van der Waals surface area (Å²) in [4.78, 5) is 18.0. The molecule has 0 bridgehead atoms. The lowest BCUT2D eigenvalue weighted by atomic mass is 10.0. The molecule has 0 saturated carbocycles. The van der Waals surface area contributed by atoms with Crippen molar-refractivity contribution in [1.82, 2.24) is 9.55 Å². The molecule has 0 spiro atoms. The van der Waals surface area contributed by atoms with Gasteiger partial charge in [-0.05, 0) is 36.1 Å². The van der Waals surface area contributed by atoms with Gasteiger partial charge in [0.05, 0.1) is 22.8 Å². The van der Waals surface area contributed by atoms with E-state index < -0.39 is 0 Å². The van der Waals surface area contributed by atoms with Gasteiger partial charge in [-0.15, -0.1) is 11.3 Å². The van der Waals surface area contributed by atoms with Gasteiger partial charge in [0.15, 0.2) is 0 Å². The maximum atomic E-state index is 13.3. The fraction of sp³-hybridized carbons (Fsp3) is 0.0455. The van der Waals surface area contributed by atoms with Gasteiger partial charge in [0.2, 0.25) is 0 Å². The molecule has 0 saturated heterocycles. The van der Waals surface area contributed by atoms with Crippen LogP contribution in [0.25, 0.3) is 21.5 Å². The number of nitriles is 1. The van der Waals surface area contributed by atoms with Crippen molar-refractivity contribution in [2.75, 3.05) is 0 Å². The van der Waals surface area contributed by atoms with Crippen LogP contribution in [0.4, 0.5) is 0 Å². The van der Waals surface area contributed by atoms with E-state index in [0.717, 1.165) is 11.3 Å². The van der Waals surface area contributed by atoms with Crippen molar-refractivity contribution >= 4 is 27.1 Å². The summed E-state index contributed by atoms with van der Waals surface area (Å²) in [5.74, 6) is 0.447. The van der Waals surface area contributed by atoms with Gasteiger partial charge in [-0.25, -0.2) is 4.98 Å². The molecule has 4 aromatic rings. The van der Waals surface area contributed by atoms with E-state index >= 15 is 0 Å². The molecule has 0 atom stereocenters. The summed E-state index contributed by atoms with van der Waals surface area (Å²) in [7, 11) is 0. The largest absolute Gasteiger partial charge is 0.276 e. The van der Waals surface area contributed by atoms with E-state index in [9.17, 15) is 10.1 Å². The standard InChI is InChI=1S/C22H15N3OS/c1-14-7-3-6-10-19(14)25-21(24-18-11-12-27-20(18)22(25)26)15(2)17-9-5-4-8-16(17)13-23/h3-12H,2H2,1H3. The van der Waals surface area contributed by atoms with Crippen molar-refractivity contribution in [2.45, 2.75) is 6.92 Å². The number of thiophene rings is 1. The molecule has 0 N–H and O–H groups in total. The summed E-state index contributed by atoms with van der Waals surface area (Å²) < 4.78 is 2.20. The van der Waals surface area contributed by atoms with Gasteiger partial charge in [0.25, 0.3) is 5.56 Å². The Labute approximate surface area is 160 Å². The minimum absolute atomic E-state index is 0.130. The van der Waals surface area contributed by atoms with Gasteiger partial charge in [-0.1, -0.05) is 43.0 Å². The average Bonchev–Trinajstić information content (AvgIpc) is 3.17. The Morgan fingerprint density at radius 1 is 1.15 bits per heavy atom. The smallest absolute Gasteiger partial charge is 0.267 e. The number of para-hydroxylation sites is 1. The lowest BCUT2D eigenvalue weighted by Crippen LogP contribution is -2.23. The van der Waals surface area contributed by atoms with Gasteiger partial charge in [-0.3, -0.25) is 9.36 Å². The van der Waals surface area contributed by atoms with Crippen LogP contribution < -0.4 is 5.56 Å². The Morgan fingerprint density at radius 3 is 2.67 bits per heavy atom. The van der Waals surface area contributed by atoms with Crippen LogP contribution in [-0.2, 0) is 0 Å². The van der Waals surface area contributed by atoms with Crippen LogP contribution in [0.2, 0.25) is 0 Å². The fourth-order valence-corrected chi connectivity index (χ4v) is 3.88. The van der Waals surface area contributed by atoms with Crippen LogP contribution in [0.5, 0.6) is 0 Å². The summed E-state index contributed by atoms with van der Waals surface area (Å²) in [6.07, 6.45) is 0. The molecule has 4 rings (SSSR count). The molecule has 4 nitrogen and oxygen atoms in total. The molecule has 0 aliphatic rings. The third kappa shape index (κ3) is 2.77. The van der Waals surface area contributed by atoms with E-state index in [1.807, 2.05) is 54.8 Å². The predicted molar refractivity (Wildman–Crippen MR) is 109 cm³/mol. The second-order valence-electron chi connectivity index (χ2n) is 6.13. The van der Waals surface area contributed by atoms with E-state index in [2.05, 4.69) is 12.6 Å². The number of hydrogen-bond acceptors (Lipinski definition) is 4. The van der Waals surface area contributed by atoms with Crippen LogP contribution in [-0.4, -0.2) is 9.55 Å². The third-order valence-electron chi connectivity index (χ3n) is 4.48. The highest BCUT2D eigenvalue weighted by atomic mass is 32.1. The molecule has 2 aromatic carbocycles. The first-order chi connectivity index (χ1) is 13.1. The molecule has 27 heavy (non-hydrogen) atoms. The highest BCUT2D eigenvalue weighted by Gasteiger charge is 2.19. The second-order valence-corrected chi connectivity index (χ2v) is 7.05. The number of benzene rings is 2. The zero-order valence-corrected chi connectivity index (χ0v) is 15.5. The van der Waals surface area contributed by atoms with Gasteiger partial charge >= 0.3 is 0 Å². The average molecular weight is 369 g/mol. The molecular weight excluding hydrogens is 354 g/mol. The number of aryl methyl sites for hydroxylation is 1. The first kappa shape index (κ1) is 17.0. The molecule has 5 heteroatoms. The molecule has 0 amide bonds. The van der Waals surface area contributed by atoms with E-state index in [1.165, 1.54) is 11.3 Å². The van der Waals surface area contributed by atoms with Gasteiger partial charge in [0, 0.05) is 11.1 Å². The van der Waals surface area contributed by atoms with Crippen LogP contribution in [0.1, 0.15) is 22.5 Å². The SMILES string of the molecule is C=C(c1ccccc1C#N)c1nc2ccsc2c(=O)n1-c1ccccc1C. The lowest BCUT2D eigenvalue weighted by Gasteiger charge is -2.16. The lowest BCUT2D eigenvalue weighted by molar-refractivity contribution is 0.929. The van der Waals surface area contributed by atoms with Crippen molar-refractivity contribution in [3.05, 3.63) is 99.4 Å². The van der Waals surface area contributed by atoms with E-state index in [-0.39, 0.29) is 5.56 Å². The van der Waals surface area contributed by atoms with E-state index in [1.54, 1.807) is 16.7 Å². The number of fused-ring (bicyclic) bond motifs is 1. The van der Waals surface area contributed by atoms with Crippen molar-refractivity contribution in [3.63, 3.8) is 0 Å². The Balaban J connectivity index is 2.07. The molecule has 2 aromatic heterocycles. The number of nitrogens with zero attached hydrogens (tertiary/aromatic N) is 3. The third-order valence-corrected chi connectivity index (χ3v) is 5.37. The Morgan fingerprint density at radius 2 is 1.89 bits per heavy atom. The zero-order valence-electron chi connectivity index (χ0n) is 14.6. The monoisotopic (exact) mass is 369 g/mol. The molecule has 130 valence electrons. The van der Waals surface area contributed by atoms with Crippen LogP contribution >= 0.6 is 11.3 Å². The molecule has 2 heterocycles. The molecule has 0 radical (unpaired) electrons. The maximum Gasteiger partial charge on any atom is 0.276 e. The first-order valence-corrected chi connectivity index (χ1v) is 9.25. The van der Waals surface area contributed by atoms with Crippen molar-refractivity contribution in [2.24, 2.45) is 0 Å². The minimum atomic E-state index is -0.130. The summed E-state index contributed by atoms with van der Waals surface area (Å²) in [5.41, 5.74) is 3.94. The second kappa shape index (κ2) is 6.67. The fourth-order valence-electron chi connectivity index (χ4n) is 3.12. The Kier molecular flexibility index (Phi) is 4.19. The highest BCUT2D eigenvalue weighted by molar-refractivity contribution is 7.17. The molecule has 0 aliphatic carbocycles. The topological polar surface area (TPSA) is 58.7 Å². The number of hydrogen-bond donors (Lipinski definition) is 0. The van der Waals surface area contributed by atoms with Gasteiger partial charge < -0.3 is 0 Å². The maximum absolute atomic E-state index is 13.3. The normalized spacial score (nSPS) is 10.7. The first-order valence-electron chi connectivity index (χ1n) is 8.37. The Hall–Kier alpha value is -3.49. The summed E-state index contributed by atoms with van der Waals surface area (Å²) >= 11 is 1.37. The Bertz CT molecular complexity index is 1290. The van der Waals surface area contributed by atoms with Gasteiger partial charge in [-0.2, -0.15) is 5.26 Å². The quantitative estimate of drug-likeness (QED) is 0.526. The van der Waals surface area contributed by atoms with Gasteiger partial charge in [0.1, 0.15) is 10.5 Å². The minimum Gasteiger partial charge on any atom is -0.267 e. The van der Waals surface area contributed by atoms with Crippen molar-refractivity contribution in [1.29, 1.82) is 5.26 Å². The van der Waals surface area contributed by atoms with Crippen LogP contribution in [0, 0.1) is 18.3 Å². The molecule has 0 unspecified atom stereocenters. The molecular formula is C22H15N3OS.